The maximum Gasteiger partial charge on any atom is 0.321 e. The second-order valence-corrected chi connectivity index (χ2v) is 6.35. The van der Waals surface area contributed by atoms with Gasteiger partial charge in [-0.2, -0.15) is 5.10 Å². The van der Waals surface area contributed by atoms with Crippen LogP contribution in [0, 0.1) is 0 Å². The van der Waals surface area contributed by atoms with Gasteiger partial charge in [0.05, 0.1) is 29.9 Å². The Balaban J connectivity index is 1.75. The van der Waals surface area contributed by atoms with Crippen molar-refractivity contribution in [3.8, 4) is 0 Å². The highest BCUT2D eigenvalue weighted by molar-refractivity contribution is 6.00. The molecule has 4 rings (SSSR count). The highest BCUT2D eigenvalue weighted by Crippen LogP contribution is 2.31. The van der Waals surface area contributed by atoms with Crippen LogP contribution in [0.3, 0.4) is 0 Å². The molecule has 25 heavy (non-hydrogen) atoms. The highest BCUT2D eigenvalue weighted by atomic mass is 16.5. The smallest absolute Gasteiger partial charge is 0.321 e. The first-order valence-electron chi connectivity index (χ1n) is 8.36. The molecule has 2 aromatic heterocycles. The van der Waals surface area contributed by atoms with Crippen LogP contribution in [0.2, 0.25) is 0 Å². The lowest BCUT2D eigenvalue weighted by atomic mass is 10.0. The van der Waals surface area contributed by atoms with E-state index in [0.717, 1.165) is 30.7 Å². The molecule has 9 nitrogen and oxygen atoms in total. The Labute approximate surface area is 144 Å². The van der Waals surface area contributed by atoms with Crippen LogP contribution in [0.15, 0.2) is 18.5 Å². The van der Waals surface area contributed by atoms with Crippen molar-refractivity contribution < 1.29 is 14.3 Å². The lowest BCUT2D eigenvalue weighted by molar-refractivity contribution is -0.122. The van der Waals surface area contributed by atoms with E-state index in [1.807, 2.05) is 6.07 Å². The van der Waals surface area contributed by atoms with Crippen molar-refractivity contribution in [3.63, 3.8) is 0 Å². The number of fused-ring (bicyclic) bond motifs is 1. The van der Waals surface area contributed by atoms with Gasteiger partial charge >= 0.3 is 6.03 Å². The van der Waals surface area contributed by atoms with E-state index in [1.165, 1.54) is 0 Å². The maximum atomic E-state index is 12.2. The molecule has 0 saturated carbocycles. The molecule has 9 heteroatoms. The summed E-state index contributed by atoms with van der Waals surface area (Å²) in [6, 6.07) is 1.73. The topological polar surface area (TPSA) is 101 Å². The number of urea groups is 1. The number of amides is 3. The number of carbonyl (C=O) groups is 2. The number of nitrogens with one attached hydrogen (secondary N) is 2. The van der Waals surface area contributed by atoms with E-state index in [1.54, 1.807) is 24.0 Å². The van der Waals surface area contributed by atoms with Crippen molar-refractivity contribution in [3.05, 3.63) is 24.2 Å². The number of imidazole rings is 1. The van der Waals surface area contributed by atoms with E-state index in [-0.39, 0.29) is 18.5 Å². The normalized spacial score (nSPS) is 23.8. The summed E-state index contributed by atoms with van der Waals surface area (Å²) in [7, 11) is 1.70. The Hall–Kier alpha value is -2.68. The second-order valence-electron chi connectivity index (χ2n) is 6.35. The summed E-state index contributed by atoms with van der Waals surface area (Å²) in [6.45, 7) is 1.79. The van der Waals surface area contributed by atoms with Gasteiger partial charge < -0.3 is 15.0 Å². The number of anilines is 1. The molecule has 2 atom stereocenters. The zero-order valence-corrected chi connectivity index (χ0v) is 13.9. The Morgan fingerprint density at radius 3 is 3.08 bits per heavy atom. The van der Waals surface area contributed by atoms with Crippen molar-refractivity contribution in [1.29, 1.82) is 0 Å². The van der Waals surface area contributed by atoms with Crippen LogP contribution >= 0.6 is 0 Å². The molecule has 2 aliphatic rings. The number of hydrogen-bond acceptors (Lipinski definition) is 6. The van der Waals surface area contributed by atoms with Gasteiger partial charge in [0, 0.05) is 32.6 Å². The van der Waals surface area contributed by atoms with Gasteiger partial charge in [-0.25, -0.2) is 14.3 Å². The lowest BCUT2D eigenvalue weighted by Gasteiger charge is -2.28. The van der Waals surface area contributed by atoms with E-state index in [4.69, 9.17) is 4.74 Å². The van der Waals surface area contributed by atoms with Crippen LogP contribution in [-0.2, 0) is 9.53 Å². The van der Waals surface area contributed by atoms with Gasteiger partial charge in [0.2, 0.25) is 5.91 Å². The third kappa shape index (κ3) is 2.80. The molecule has 2 N–H and O–H groups in total. The molecular formula is C16H20N6O3. The van der Waals surface area contributed by atoms with Gasteiger partial charge in [-0.05, 0) is 18.9 Å². The molecule has 132 valence electrons. The summed E-state index contributed by atoms with van der Waals surface area (Å²) in [5.41, 5.74) is 2.31. The van der Waals surface area contributed by atoms with E-state index in [2.05, 4.69) is 25.6 Å². The molecule has 0 spiro atoms. The van der Waals surface area contributed by atoms with Gasteiger partial charge in [-0.3, -0.25) is 10.1 Å². The highest BCUT2D eigenvalue weighted by Gasteiger charge is 2.32. The minimum absolute atomic E-state index is 0.235. The first-order chi connectivity index (χ1) is 12.2. The molecule has 2 fully saturated rings. The fourth-order valence-electron chi connectivity index (χ4n) is 3.59. The number of aromatic nitrogens is 3. The van der Waals surface area contributed by atoms with Crippen molar-refractivity contribution >= 4 is 23.3 Å². The van der Waals surface area contributed by atoms with E-state index in [9.17, 15) is 9.59 Å². The Bertz CT molecular complexity index is 819. The summed E-state index contributed by atoms with van der Waals surface area (Å²) in [6.07, 6.45) is 5.60. The third-order valence-corrected chi connectivity index (χ3v) is 4.78. The Morgan fingerprint density at radius 2 is 2.28 bits per heavy atom. The number of hydrogen-bond donors (Lipinski definition) is 2. The first-order valence-corrected chi connectivity index (χ1v) is 8.36. The molecule has 3 amide bonds. The largest absolute Gasteiger partial charge is 0.383 e. The molecule has 2 aliphatic heterocycles. The Kier molecular flexibility index (Phi) is 4.00. The quantitative estimate of drug-likeness (QED) is 0.826. The minimum Gasteiger partial charge on any atom is -0.383 e. The van der Waals surface area contributed by atoms with Gasteiger partial charge in [0.25, 0.3) is 0 Å². The van der Waals surface area contributed by atoms with Gasteiger partial charge in [-0.1, -0.05) is 0 Å². The number of carbonyl (C=O) groups excluding carboxylic acids is 2. The average molecular weight is 344 g/mol. The zero-order valence-electron chi connectivity index (χ0n) is 13.9. The standard InChI is InChI=1S/C16H20N6O3/c1-25-9-10-3-2-5-21(10)13-7-12(20-22-6-4-17-14(13)22)11-8-18-16(24)19-15(11)23/h4,6-7,10-11H,2-3,5,8-9H2,1H3,(H2,18,19,23,24)/t10-,11?/m0/s1. The van der Waals surface area contributed by atoms with E-state index in [0.29, 0.717) is 12.3 Å². The number of rotatable bonds is 4. The van der Waals surface area contributed by atoms with Crippen LogP contribution in [0.1, 0.15) is 24.5 Å². The zero-order chi connectivity index (χ0) is 17.4. The summed E-state index contributed by atoms with van der Waals surface area (Å²) >= 11 is 0. The fourth-order valence-corrected chi connectivity index (χ4v) is 3.59. The molecule has 0 aromatic carbocycles. The molecule has 0 bridgehead atoms. The Morgan fingerprint density at radius 1 is 1.40 bits per heavy atom. The third-order valence-electron chi connectivity index (χ3n) is 4.78. The summed E-state index contributed by atoms with van der Waals surface area (Å²) in [5, 5.41) is 9.47. The molecule has 4 heterocycles. The molecule has 0 radical (unpaired) electrons. The number of ether oxygens (including phenoxy) is 1. The van der Waals surface area contributed by atoms with Crippen LogP contribution in [0.4, 0.5) is 10.5 Å². The van der Waals surface area contributed by atoms with Crippen molar-refractivity contribution in [2.75, 3.05) is 31.7 Å². The second kappa shape index (κ2) is 6.32. The van der Waals surface area contributed by atoms with E-state index >= 15 is 0 Å². The van der Waals surface area contributed by atoms with E-state index < -0.39 is 11.9 Å². The van der Waals surface area contributed by atoms with Crippen LogP contribution in [0.5, 0.6) is 0 Å². The van der Waals surface area contributed by atoms with Gasteiger partial charge in [-0.15, -0.1) is 0 Å². The van der Waals surface area contributed by atoms with Crippen LogP contribution in [-0.4, -0.2) is 59.4 Å². The predicted octanol–water partition coefficient (Wildman–Crippen LogP) is 0.268. The summed E-state index contributed by atoms with van der Waals surface area (Å²) in [5.74, 6) is -0.858. The number of imide groups is 1. The number of nitrogens with zero attached hydrogens (tertiary/aromatic N) is 4. The molecule has 1 unspecified atom stereocenters. The average Bonchev–Trinajstić information content (AvgIpc) is 3.23. The lowest BCUT2D eigenvalue weighted by Crippen LogP contribution is -2.51. The monoisotopic (exact) mass is 344 g/mol. The summed E-state index contributed by atoms with van der Waals surface area (Å²) in [4.78, 5) is 30.2. The SMILES string of the molecule is COC[C@@H]1CCCN1c1cc(C2CNC(=O)NC2=O)nn2ccnc12. The first kappa shape index (κ1) is 15.8. The number of methoxy groups -OCH3 is 1. The molecule has 2 aromatic rings. The fraction of sp³-hybridized carbons (Fsp3) is 0.500. The minimum atomic E-state index is -0.522. The molecular weight excluding hydrogens is 324 g/mol. The van der Waals surface area contributed by atoms with Crippen molar-refractivity contribution in [2.45, 2.75) is 24.8 Å². The summed E-state index contributed by atoms with van der Waals surface area (Å²) < 4.78 is 7.04. The van der Waals surface area contributed by atoms with Crippen molar-refractivity contribution in [1.82, 2.24) is 25.2 Å². The van der Waals surface area contributed by atoms with Gasteiger partial charge in [0.15, 0.2) is 5.65 Å². The van der Waals surface area contributed by atoms with Gasteiger partial charge in [0.1, 0.15) is 0 Å². The van der Waals surface area contributed by atoms with Crippen LogP contribution in [0.25, 0.3) is 5.65 Å². The molecule has 0 aliphatic carbocycles. The van der Waals surface area contributed by atoms with Crippen LogP contribution < -0.4 is 15.5 Å². The maximum absolute atomic E-state index is 12.2. The predicted molar refractivity (Wildman–Crippen MR) is 89.5 cm³/mol. The molecule has 2 saturated heterocycles. The van der Waals surface area contributed by atoms with Crippen molar-refractivity contribution in [2.24, 2.45) is 0 Å².